The van der Waals surface area contributed by atoms with Crippen LogP contribution in [0.1, 0.15) is 12.8 Å². The molecule has 140 valence electrons. The lowest BCUT2D eigenvalue weighted by Crippen LogP contribution is -2.57. The summed E-state index contributed by atoms with van der Waals surface area (Å²) in [4.78, 5) is 14.1. The smallest absolute Gasteiger partial charge is 0.246 e. The second-order valence-electron chi connectivity index (χ2n) is 6.07. The number of nitrogens with zero attached hydrogens (tertiary/aromatic N) is 2. The van der Waals surface area contributed by atoms with Crippen molar-refractivity contribution < 1.29 is 17.9 Å². The highest BCUT2D eigenvalue weighted by atomic mass is 35.5. The van der Waals surface area contributed by atoms with Crippen LogP contribution < -0.4 is 10.1 Å². The van der Waals surface area contributed by atoms with E-state index in [0.717, 1.165) is 19.4 Å². The third-order valence-corrected chi connectivity index (χ3v) is 6.52. The molecule has 7 nitrogen and oxygen atoms in total. The average molecular weight is 390 g/mol. The maximum atomic E-state index is 13.0. The van der Waals surface area contributed by atoms with Gasteiger partial charge in [0.1, 0.15) is 10.6 Å². The standard InChI is InChI=1S/C16H23N3O4S.ClH/c1-23-14-6-2-3-7-15(14)24(21,22)18-9-4-5-13(12-18)19-10-8-17-11-16(19)20;/h2-3,6-7,13,17H,4-5,8-12H2,1H3;1H. The Balaban J connectivity index is 0.00000225. The number of nitrogens with one attached hydrogen (secondary N) is 1. The lowest BCUT2D eigenvalue weighted by molar-refractivity contribution is -0.135. The van der Waals surface area contributed by atoms with Gasteiger partial charge in [0, 0.05) is 32.2 Å². The van der Waals surface area contributed by atoms with Gasteiger partial charge in [-0.15, -0.1) is 12.4 Å². The fraction of sp³-hybridized carbons (Fsp3) is 0.562. The molecule has 1 aromatic rings. The lowest BCUT2D eigenvalue weighted by Gasteiger charge is -2.40. The predicted octanol–water partition coefficient (Wildman–Crippen LogP) is 0.702. The SMILES string of the molecule is COc1ccccc1S(=O)(=O)N1CCCC(N2CCNCC2=O)C1.Cl. The molecule has 2 fully saturated rings. The molecule has 9 heteroatoms. The number of sulfonamides is 1. The normalized spacial score (nSPS) is 22.4. The van der Waals surface area contributed by atoms with E-state index < -0.39 is 10.0 Å². The molecular formula is C16H24ClN3O4S. The molecule has 1 atom stereocenters. The number of piperidine rings is 1. The van der Waals surface area contributed by atoms with Crippen LogP contribution in [-0.4, -0.2) is 69.4 Å². The molecule has 0 aliphatic carbocycles. The predicted molar refractivity (Wildman–Crippen MR) is 96.6 cm³/mol. The Morgan fingerprint density at radius 1 is 1.24 bits per heavy atom. The number of halogens is 1. The van der Waals surface area contributed by atoms with Gasteiger partial charge in [-0.25, -0.2) is 8.42 Å². The molecule has 1 amide bonds. The van der Waals surface area contributed by atoms with Gasteiger partial charge in [0.05, 0.1) is 13.7 Å². The van der Waals surface area contributed by atoms with Crippen molar-refractivity contribution in [2.75, 3.05) is 39.8 Å². The monoisotopic (exact) mass is 389 g/mol. The van der Waals surface area contributed by atoms with Crippen molar-refractivity contribution in [2.24, 2.45) is 0 Å². The molecule has 3 rings (SSSR count). The summed E-state index contributed by atoms with van der Waals surface area (Å²) in [5.74, 6) is 0.390. The molecule has 25 heavy (non-hydrogen) atoms. The number of rotatable bonds is 4. The van der Waals surface area contributed by atoms with Gasteiger partial charge in [-0.2, -0.15) is 4.31 Å². The molecule has 2 aliphatic heterocycles. The van der Waals surface area contributed by atoms with E-state index >= 15 is 0 Å². The first kappa shape index (κ1) is 20.0. The summed E-state index contributed by atoms with van der Waals surface area (Å²) in [5.41, 5.74) is 0. The first-order chi connectivity index (χ1) is 11.5. The van der Waals surface area contributed by atoms with Crippen molar-refractivity contribution in [1.29, 1.82) is 0 Å². The van der Waals surface area contributed by atoms with Crippen LogP contribution in [0.25, 0.3) is 0 Å². The third-order valence-electron chi connectivity index (χ3n) is 4.61. The Bertz CT molecular complexity index is 713. The van der Waals surface area contributed by atoms with Crippen LogP contribution in [0.15, 0.2) is 29.2 Å². The molecule has 0 spiro atoms. The highest BCUT2D eigenvalue weighted by Gasteiger charge is 2.36. The first-order valence-corrected chi connectivity index (χ1v) is 9.61. The van der Waals surface area contributed by atoms with Crippen LogP contribution >= 0.6 is 12.4 Å². The largest absolute Gasteiger partial charge is 0.495 e. The average Bonchev–Trinajstić information content (AvgIpc) is 2.62. The zero-order valence-electron chi connectivity index (χ0n) is 14.2. The number of hydrogen-bond donors (Lipinski definition) is 1. The Morgan fingerprint density at radius 3 is 2.72 bits per heavy atom. The van der Waals surface area contributed by atoms with Gasteiger partial charge in [-0.1, -0.05) is 12.1 Å². The van der Waals surface area contributed by atoms with Gasteiger partial charge >= 0.3 is 0 Å². The minimum Gasteiger partial charge on any atom is -0.495 e. The molecule has 0 radical (unpaired) electrons. The van der Waals surface area contributed by atoms with Gasteiger partial charge in [-0.3, -0.25) is 4.79 Å². The lowest BCUT2D eigenvalue weighted by atomic mass is 10.1. The molecule has 2 heterocycles. The van der Waals surface area contributed by atoms with Crippen LogP contribution in [0.4, 0.5) is 0 Å². The number of carbonyl (C=O) groups excluding carboxylic acids is 1. The fourth-order valence-corrected chi connectivity index (χ4v) is 5.04. The number of ether oxygens (including phenoxy) is 1. The zero-order chi connectivity index (χ0) is 17.2. The van der Waals surface area contributed by atoms with E-state index in [1.807, 2.05) is 4.90 Å². The molecular weight excluding hydrogens is 366 g/mol. The minimum absolute atomic E-state index is 0. The molecule has 2 aliphatic rings. The second-order valence-corrected chi connectivity index (χ2v) is 7.98. The summed E-state index contributed by atoms with van der Waals surface area (Å²) in [6, 6.07) is 6.59. The van der Waals surface area contributed by atoms with Crippen molar-refractivity contribution in [2.45, 2.75) is 23.8 Å². The van der Waals surface area contributed by atoms with Crippen LogP contribution in [-0.2, 0) is 14.8 Å². The van der Waals surface area contributed by atoms with E-state index in [1.165, 1.54) is 11.4 Å². The topological polar surface area (TPSA) is 79.0 Å². The zero-order valence-corrected chi connectivity index (χ0v) is 15.8. The highest BCUT2D eigenvalue weighted by Crippen LogP contribution is 2.29. The van der Waals surface area contributed by atoms with E-state index in [-0.39, 0.29) is 29.3 Å². The van der Waals surface area contributed by atoms with Gasteiger partial charge < -0.3 is 15.0 Å². The molecule has 0 bridgehead atoms. The van der Waals surface area contributed by atoms with E-state index in [1.54, 1.807) is 24.3 Å². The first-order valence-electron chi connectivity index (χ1n) is 8.17. The summed E-state index contributed by atoms with van der Waals surface area (Å²) < 4.78 is 32.7. The fourth-order valence-electron chi connectivity index (χ4n) is 3.37. The van der Waals surface area contributed by atoms with E-state index in [0.29, 0.717) is 31.9 Å². The van der Waals surface area contributed by atoms with Gasteiger partial charge in [0.2, 0.25) is 15.9 Å². The van der Waals surface area contributed by atoms with Crippen molar-refractivity contribution >= 4 is 28.3 Å². The molecule has 1 N–H and O–H groups in total. The summed E-state index contributed by atoms with van der Waals surface area (Å²) in [6.07, 6.45) is 1.58. The quantitative estimate of drug-likeness (QED) is 0.820. The number of methoxy groups -OCH3 is 1. The van der Waals surface area contributed by atoms with Gasteiger partial charge in [-0.05, 0) is 25.0 Å². The maximum absolute atomic E-state index is 13.0. The molecule has 2 saturated heterocycles. The number of hydrogen-bond acceptors (Lipinski definition) is 5. The van der Waals surface area contributed by atoms with Crippen molar-refractivity contribution in [1.82, 2.24) is 14.5 Å². The van der Waals surface area contributed by atoms with Crippen LogP contribution in [0.3, 0.4) is 0 Å². The third kappa shape index (κ3) is 4.08. The van der Waals surface area contributed by atoms with E-state index in [4.69, 9.17) is 4.74 Å². The number of amides is 1. The number of carbonyl (C=O) groups is 1. The Hall–Kier alpha value is -1.35. The second kappa shape index (κ2) is 8.35. The summed E-state index contributed by atoms with van der Waals surface area (Å²) in [5, 5.41) is 3.05. The molecule has 0 aromatic heterocycles. The van der Waals surface area contributed by atoms with Gasteiger partial charge in [0.25, 0.3) is 0 Å². The Labute approximate surface area is 154 Å². The van der Waals surface area contributed by atoms with E-state index in [2.05, 4.69) is 5.32 Å². The van der Waals surface area contributed by atoms with Gasteiger partial charge in [0.15, 0.2) is 0 Å². The highest BCUT2D eigenvalue weighted by molar-refractivity contribution is 7.89. The van der Waals surface area contributed by atoms with Crippen molar-refractivity contribution in [3.63, 3.8) is 0 Å². The molecule has 1 unspecified atom stereocenters. The maximum Gasteiger partial charge on any atom is 0.246 e. The molecule has 0 saturated carbocycles. The summed E-state index contributed by atoms with van der Waals surface area (Å²) in [7, 11) is -2.17. The van der Waals surface area contributed by atoms with Crippen LogP contribution in [0.2, 0.25) is 0 Å². The minimum atomic E-state index is -3.64. The van der Waals surface area contributed by atoms with Crippen LogP contribution in [0.5, 0.6) is 5.75 Å². The molecule has 1 aromatic carbocycles. The van der Waals surface area contributed by atoms with Crippen molar-refractivity contribution in [3.8, 4) is 5.75 Å². The Morgan fingerprint density at radius 2 is 2.00 bits per heavy atom. The number of piperazine rings is 1. The Kier molecular flexibility index (Phi) is 6.67. The van der Waals surface area contributed by atoms with E-state index in [9.17, 15) is 13.2 Å². The summed E-state index contributed by atoms with van der Waals surface area (Å²) >= 11 is 0. The van der Waals surface area contributed by atoms with Crippen molar-refractivity contribution in [3.05, 3.63) is 24.3 Å². The number of benzene rings is 1. The van der Waals surface area contributed by atoms with Crippen LogP contribution in [0, 0.1) is 0 Å². The summed E-state index contributed by atoms with van der Waals surface area (Å²) in [6.45, 7) is 2.52. The number of para-hydroxylation sites is 1.